The van der Waals surface area contributed by atoms with Gasteiger partial charge >= 0.3 is 0 Å². The van der Waals surface area contributed by atoms with Gasteiger partial charge in [-0.15, -0.1) is 0 Å². The summed E-state index contributed by atoms with van der Waals surface area (Å²) >= 11 is 0. The topological polar surface area (TPSA) is 8.81 Å². The van der Waals surface area contributed by atoms with Crippen molar-refractivity contribution in [1.82, 2.24) is 4.57 Å². The normalized spacial score (nSPS) is 14.2. The standard InChI is InChI=1S/C30H43N2/c1-4-6-8-9-16-22-31-23-24-32(26-31)29(21-7-5-2)30(3,28-19-14-11-15-20-28)25-27-17-12-10-13-18-27/h10-15,17-20,23-24,26,29H,4-9,16,21-22,25H2,1-3H3/q+1. The molecule has 3 rings (SSSR count). The van der Waals surface area contributed by atoms with Gasteiger partial charge < -0.3 is 0 Å². The van der Waals surface area contributed by atoms with Gasteiger partial charge in [0.05, 0.1) is 6.54 Å². The molecule has 0 saturated heterocycles. The highest BCUT2D eigenvalue weighted by Crippen LogP contribution is 2.41. The van der Waals surface area contributed by atoms with Crippen molar-refractivity contribution in [1.29, 1.82) is 0 Å². The number of hydrogen-bond acceptors (Lipinski definition) is 0. The van der Waals surface area contributed by atoms with Crippen molar-refractivity contribution in [2.75, 3.05) is 0 Å². The quantitative estimate of drug-likeness (QED) is 0.183. The van der Waals surface area contributed by atoms with Crippen molar-refractivity contribution < 1.29 is 4.57 Å². The van der Waals surface area contributed by atoms with Crippen LogP contribution in [0.4, 0.5) is 0 Å². The molecule has 172 valence electrons. The maximum Gasteiger partial charge on any atom is 0.244 e. The summed E-state index contributed by atoms with van der Waals surface area (Å²) in [5.41, 5.74) is 2.87. The molecule has 1 aromatic heterocycles. The maximum atomic E-state index is 2.51. The second-order valence-corrected chi connectivity index (χ2v) is 9.62. The molecule has 0 aliphatic rings. The van der Waals surface area contributed by atoms with Crippen LogP contribution in [0.3, 0.4) is 0 Å². The van der Waals surface area contributed by atoms with E-state index in [4.69, 9.17) is 0 Å². The Morgan fingerprint density at radius 1 is 0.812 bits per heavy atom. The number of aromatic nitrogens is 2. The van der Waals surface area contributed by atoms with E-state index in [1.807, 2.05) is 0 Å². The summed E-state index contributed by atoms with van der Waals surface area (Å²) in [5, 5.41) is 0. The smallest absolute Gasteiger partial charge is 0.237 e. The molecule has 2 heteroatoms. The van der Waals surface area contributed by atoms with Gasteiger partial charge in [0.15, 0.2) is 0 Å². The first-order valence-corrected chi connectivity index (χ1v) is 12.8. The van der Waals surface area contributed by atoms with Gasteiger partial charge in [0.25, 0.3) is 0 Å². The van der Waals surface area contributed by atoms with Crippen LogP contribution in [0.25, 0.3) is 0 Å². The van der Waals surface area contributed by atoms with E-state index >= 15 is 0 Å². The second-order valence-electron chi connectivity index (χ2n) is 9.62. The van der Waals surface area contributed by atoms with Gasteiger partial charge in [0.2, 0.25) is 6.33 Å². The Bertz CT molecular complexity index is 883. The van der Waals surface area contributed by atoms with Crippen LogP contribution in [0.2, 0.25) is 0 Å². The summed E-state index contributed by atoms with van der Waals surface area (Å²) in [5.74, 6) is 0. The Labute approximate surface area is 196 Å². The summed E-state index contributed by atoms with van der Waals surface area (Å²) in [7, 11) is 0. The summed E-state index contributed by atoms with van der Waals surface area (Å²) in [6.07, 6.45) is 18.3. The van der Waals surface area contributed by atoms with Crippen LogP contribution in [0.1, 0.15) is 89.3 Å². The molecule has 0 N–H and O–H groups in total. The lowest BCUT2D eigenvalue weighted by Gasteiger charge is -2.36. The van der Waals surface area contributed by atoms with E-state index in [-0.39, 0.29) is 5.41 Å². The highest BCUT2D eigenvalue weighted by atomic mass is 15.1. The van der Waals surface area contributed by atoms with E-state index in [0.717, 1.165) is 13.0 Å². The van der Waals surface area contributed by atoms with Crippen LogP contribution in [0.5, 0.6) is 0 Å². The van der Waals surface area contributed by atoms with Crippen molar-refractivity contribution in [3.8, 4) is 0 Å². The lowest BCUT2D eigenvalue weighted by Crippen LogP contribution is -2.38. The van der Waals surface area contributed by atoms with Crippen LogP contribution in [0.15, 0.2) is 79.4 Å². The molecule has 0 spiro atoms. The highest BCUT2D eigenvalue weighted by Gasteiger charge is 2.40. The molecular weight excluding hydrogens is 388 g/mol. The highest BCUT2D eigenvalue weighted by molar-refractivity contribution is 5.30. The summed E-state index contributed by atoms with van der Waals surface area (Å²) in [4.78, 5) is 0. The molecule has 2 aromatic carbocycles. The molecule has 0 saturated carbocycles. The molecule has 2 unspecified atom stereocenters. The number of hydrogen-bond donors (Lipinski definition) is 0. The molecule has 0 aliphatic carbocycles. The molecule has 0 bridgehead atoms. The van der Waals surface area contributed by atoms with Crippen LogP contribution >= 0.6 is 0 Å². The maximum absolute atomic E-state index is 2.51. The van der Waals surface area contributed by atoms with Crippen LogP contribution in [-0.4, -0.2) is 4.57 Å². The van der Waals surface area contributed by atoms with Gasteiger partial charge in [0, 0.05) is 5.41 Å². The molecule has 0 amide bonds. The third-order valence-electron chi connectivity index (χ3n) is 7.01. The van der Waals surface area contributed by atoms with Gasteiger partial charge in [0.1, 0.15) is 18.4 Å². The fourth-order valence-electron chi connectivity index (χ4n) is 5.07. The lowest BCUT2D eigenvalue weighted by molar-refractivity contribution is -0.697. The third kappa shape index (κ3) is 6.58. The van der Waals surface area contributed by atoms with Gasteiger partial charge in [-0.25, -0.2) is 9.13 Å². The first-order valence-electron chi connectivity index (χ1n) is 12.8. The average Bonchev–Trinajstić information content (AvgIpc) is 3.29. The summed E-state index contributed by atoms with van der Waals surface area (Å²) < 4.78 is 4.91. The fraction of sp³-hybridized carbons (Fsp3) is 0.500. The third-order valence-corrected chi connectivity index (χ3v) is 7.01. The zero-order valence-electron chi connectivity index (χ0n) is 20.5. The molecule has 3 aromatic rings. The van der Waals surface area contributed by atoms with Crippen LogP contribution in [-0.2, 0) is 18.4 Å². The van der Waals surface area contributed by atoms with Crippen molar-refractivity contribution in [3.05, 3.63) is 90.5 Å². The van der Waals surface area contributed by atoms with Crippen molar-refractivity contribution in [2.24, 2.45) is 0 Å². The number of rotatable bonds is 14. The Balaban J connectivity index is 1.88. The van der Waals surface area contributed by atoms with Crippen LogP contribution in [0, 0.1) is 0 Å². The monoisotopic (exact) mass is 431 g/mol. The first kappa shape index (κ1) is 24.3. The predicted molar refractivity (Wildman–Crippen MR) is 136 cm³/mol. The molecular formula is C30H43N2+. The molecule has 2 atom stereocenters. The number of unbranched alkanes of at least 4 members (excludes halogenated alkanes) is 5. The number of benzene rings is 2. The zero-order valence-corrected chi connectivity index (χ0v) is 20.5. The minimum absolute atomic E-state index is 0.0236. The van der Waals surface area contributed by atoms with E-state index in [1.165, 1.54) is 62.5 Å². The molecule has 1 heterocycles. The Kier molecular flexibility index (Phi) is 9.59. The molecule has 32 heavy (non-hydrogen) atoms. The van der Waals surface area contributed by atoms with Gasteiger partial charge in [-0.2, -0.15) is 0 Å². The summed E-state index contributed by atoms with van der Waals surface area (Å²) in [6, 6.07) is 22.6. The average molecular weight is 432 g/mol. The van der Waals surface area contributed by atoms with E-state index in [2.05, 4.69) is 109 Å². The Morgan fingerprint density at radius 3 is 2.16 bits per heavy atom. The zero-order chi connectivity index (χ0) is 22.7. The lowest BCUT2D eigenvalue weighted by atomic mass is 9.70. The van der Waals surface area contributed by atoms with Gasteiger partial charge in [-0.05, 0) is 43.2 Å². The van der Waals surface area contributed by atoms with Crippen molar-refractivity contribution >= 4 is 0 Å². The SMILES string of the molecule is CCCCCCC[n+]1ccn(C(CCCC)C(C)(Cc2ccccc2)c2ccccc2)c1. The van der Waals surface area contributed by atoms with Crippen molar-refractivity contribution in [2.45, 2.75) is 96.6 Å². The molecule has 0 radical (unpaired) electrons. The number of nitrogens with zero attached hydrogens (tertiary/aromatic N) is 2. The van der Waals surface area contributed by atoms with E-state index in [9.17, 15) is 0 Å². The van der Waals surface area contributed by atoms with E-state index in [0.29, 0.717) is 6.04 Å². The first-order chi connectivity index (χ1) is 15.7. The Hall–Kier alpha value is -2.35. The minimum atomic E-state index is 0.0236. The van der Waals surface area contributed by atoms with Gasteiger partial charge in [-0.3, -0.25) is 0 Å². The molecule has 0 aliphatic heterocycles. The predicted octanol–water partition coefficient (Wildman–Crippen LogP) is 7.68. The van der Waals surface area contributed by atoms with Crippen molar-refractivity contribution in [3.63, 3.8) is 0 Å². The minimum Gasteiger partial charge on any atom is -0.237 e. The van der Waals surface area contributed by atoms with Gasteiger partial charge in [-0.1, -0.05) is 107 Å². The number of aryl methyl sites for hydroxylation is 1. The summed E-state index contributed by atoms with van der Waals surface area (Å²) in [6.45, 7) is 8.19. The largest absolute Gasteiger partial charge is 0.244 e. The van der Waals surface area contributed by atoms with E-state index in [1.54, 1.807) is 0 Å². The molecule has 2 nitrogen and oxygen atoms in total. The second kappa shape index (κ2) is 12.6. The number of imidazole rings is 1. The van der Waals surface area contributed by atoms with Crippen LogP contribution < -0.4 is 4.57 Å². The Morgan fingerprint density at radius 2 is 1.47 bits per heavy atom. The fourth-order valence-corrected chi connectivity index (χ4v) is 5.07. The molecule has 0 fully saturated rings. The van der Waals surface area contributed by atoms with E-state index < -0.39 is 0 Å².